The number of phosphoric acid groups is 1. The fraction of sp³-hybridized carbons (Fsp3) is 0.925. The van der Waals surface area contributed by atoms with Gasteiger partial charge in [-0.1, -0.05) is 167 Å². The van der Waals surface area contributed by atoms with Crippen LogP contribution in [0.4, 0.5) is 0 Å². The van der Waals surface area contributed by atoms with E-state index in [1.165, 1.54) is 116 Å². The minimum Gasteiger partial charge on any atom is -0.393 e. The van der Waals surface area contributed by atoms with Crippen LogP contribution in [0.15, 0.2) is 12.2 Å². The summed E-state index contributed by atoms with van der Waals surface area (Å²) in [6.07, 6.45) is 35.3. The second-order valence-electron chi connectivity index (χ2n) is 14.4. The van der Waals surface area contributed by atoms with E-state index in [4.69, 9.17) is 14.8 Å². The molecule has 9 nitrogen and oxygen atoms in total. The van der Waals surface area contributed by atoms with Crippen molar-refractivity contribution in [1.29, 1.82) is 0 Å². The highest BCUT2D eigenvalue weighted by molar-refractivity contribution is 7.47. The predicted molar refractivity (Wildman–Crippen MR) is 209 cm³/mol. The summed E-state index contributed by atoms with van der Waals surface area (Å²) in [7, 11) is -4.37. The Balaban J connectivity index is 4.32. The number of carbonyl (C=O) groups excluding carboxylic acids is 1. The van der Waals surface area contributed by atoms with Gasteiger partial charge in [-0.15, -0.1) is 0 Å². The molecule has 0 fully saturated rings. The molecule has 0 saturated carbocycles. The Morgan fingerprint density at radius 2 is 1.08 bits per heavy atom. The van der Waals surface area contributed by atoms with Crippen LogP contribution in [0.25, 0.3) is 0 Å². The highest BCUT2D eigenvalue weighted by Crippen LogP contribution is 2.43. The first-order valence-electron chi connectivity index (χ1n) is 20.9. The van der Waals surface area contributed by atoms with Gasteiger partial charge in [0.25, 0.3) is 0 Å². The molecule has 10 heteroatoms. The van der Waals surface area contributed by atoms with E-state index in [9.17, 15) is 24.5 Å². The zero-order valence-electron chi connectivity index (χ0n) is 32.5. The lowest BCUT2D eigenvalue weighted by molar-refractivity contribution is -0.125. The minimum absolute atomic E-state index is 0.0592. The van der Waals surface area contributed by atoms with Crippen LogP contribution in [0.2, 0.25) is 0 Å². The highest BCUT2D eigenvalue weighted by atomic mass is 31.2. The molecule has 1 amide bonds. The van der Waals surface area contributed by atoms with Gasteiger partial charge in [-0.2, -0.15) is 0 Å². The maximum absolute atomic E-state index is 12.8. The molecule has 0 aliphatic heterocycles. The Bertz CT molecular complexity index is 817. The number of nitrogens with one attached hydrogen (secondary N) is 1. The predicted octanol–water partition coefficient (Wildman–Crippen LogP) is 10.2. The van der Waals surface area contributed by atoms with Crippen molar-refractivity contribution in [3.63, 3.8) is 0 Å². The van der Waals surface area contributed by atoms with Gasteiger partial charge in [-0.05, 0) is 38.5 Å². The molecule has 0 spiro atoms. The average Bonchev–Trinajstić information content (AvgIpc) is 3.09. The van der Waals surface area contributed by atoms with Gasteiger partial charge in [0.1, 0.15) is 0 Å². The number of hydrogen-bond acceptors (Lipinski definition) is 7. The molecule has 0 aromatic carbocycles. The summed E-state index contributed by atoms with van der Waals surface area (Å²) in [6, 6.07) is -0.897. The third kappa shape index (κ3) is 34.3. The van der Waals surface area contributed by atoms with Gasteiger partial charge in [0.15, 0.2) is 0 Å². The van der Waals surface area contributed by atoms with E-state index in [-0.39, 0.29) is 26.2 Å². The number of aliphatic hydroxyl groups excluding tert-OH is 2. The SMILES string of the molecule is CCCCCCCCC/C=C\CCCCCC(O)CC(=O)NC(COP(=O)(O)OCCN)C(O)CCCCCCCCCCCCCCCC. The first kappa shape index (κ1) is 49.2. The number of phosphoric ester groups is 1. The molecule has 50 heavy (non-hydrogen) atoms. The van der Waals surface area contributed by atoms with Gasteiger partial charge in [-0.3, -0.25) is 13.8 Å². The standard InChI is InChI=1S/C40H81N2O7P/c1-3-5-7-9-11-13-15-17-19-21-23-25-27-29-31-37(43)35-40(45)42-38(36-49-50(46,47)48-34-33-41)39(44)32-30-28-26-24-22-20-18-16-14-12-10-8-6-4-2/h19,21,37-39,43-44H,3-18,20,22-36,41H2,1-2H3,(H,42,45)(H,46,47)/b21-19-. The molecule has 0 heterocycles. The normalized spacial score (nSPS) is 14.9. The number of nitrogens with two attached hydrogens (primary N) is 1. The average molecular weight is 733 g/mol. The number of rotatable bonds is 39. The number of amides is 1. The van der Waals surface area contributed by atoms with Crippen molar-refractivity contribution >= 4 is 13.7 Å². The molecule has 0 rings (SSSR count). The van der Waals surface area contributed by atoms with E-state index in [0.29, 0.717) is 12.8 Å². The Kier molecular flexibility index (Phi) is 36.0. The zero-order chi connectivity index (χ0) is 37.0. The summed E-state index contributed by atoms with van der Waals surface area (Å²) in [5, 5.41) is 24.1. The minimum atomic E-state index is -4.37. The lowest BCUT2D eigenvalue weighted by Gasteiger charge is -2.25. The van der Waals surface area contributed by atoms with Crippen LogP contribution in [0.5, 0.6) is 0 Å². The Labute approximate surface area is 307 Å². The number of aliphatic hydroxyl groups is 2. The zero-order valence-corrected chi connectivity index (χ0v) is 33.4. The molecule has 0 bridgehead atoms. The van der Waals surface area contributed by atoms with E-state index in [2.05, 4.69) is 31.3 Å². The number of unbranched alkanes of at least 4 members (excludes halogenated alkanes) is 23. The van der Waals surface area contributed by atoms with E-state index < -0.39 is 32.0 Å². The monoisotopic (exact) mass is 733 g/mol. The number of allylic oxidation sites excluding steroid dienone is 2. The molecule has 0 aliphatic carbocycles. The quantitative estimate of drug-likeness (QED) is 0.0238. The molecule has 0 aliphatic rings. The molecular weight excluding hydrogens is 651 g/mol. The van der Waals surface area contributed by atoms with Crippen LogP contribution < -0.4 is 11.1 Å². The summed E-state index contributed by atoms with van der Waals surface area (Å²) >= 11 is 0. The Hall–Kier alpha value is -0.800. The van der Waals surface area contributed by atoms with Crippen molar-refractivity contribution in [2.24, 2.45) is 5.73 Å². The molecule has 6 N–H and O–H groups in total. The summed E-state index contributed by atoms with van der Waals surface area (Å²) in [5.41, 5.74) is 5.36. The van der Waals surface area contributed by atoms with E-state index >= 15 is 0 Å². The van der Waals surface area contributed by atoms with Crippen molar-refractivity contribution in [2.45, 2.75) is 218 Å². The largest absolute Gasteiger partial charge is 0.472 e. The molecule has 0 saturated heterocycles. The van der Waals surface area contributed by atoms with Gasteiger partial charge < -0.3 is 26.2 Å². The Morgan fingerprint density at radius 3 is 1.56 bits per heavy atom. The van der Waals surface area contributed by atoms with Crippen molar-refractivity contribution in [2.75, 3.05) is 19.8 Å². The molecule has 0 aromatic heterocycles. The summed E-state index contributed by atoms with van der Waals surface area (Å²) in [5.74, 6) is -0.421. The number of carbonyl (C=O) groups is 1. The molecule has 0 radical (unpaired) electrons. The van der Waals surface area contributed by atoms with Crippen molar-refractivity contribution < 1.29 is 33.5 Å². The van der Waals surface area contributed by atoms with Crippen LogP contribution in [0.1, 0.15) is 200 Å². The van der Waals surface area contributed by atoms with Crippen LogP contribution in [-0.2, 0) is 18.4 Å². The van der Waals surface area contributed by atoms with Crippen LogP contribution in [-0.4, -0.2) is 59.0 Å². The van der Waals surface area contributed by atoms with Crippen LogP contribution in [0, 0.1) is 0 Å². The van der Waals surface area contributed by atoms with Crippen molar-refractivity contribution in [3.8, 4) is 0 Å². The molecule has 4 unspecified atom stereocenters. The van der Waals surface area contributed by atoms with Gasteiger partial charge in [0, 0.05) is 6.54 Å². The maximum Gasteiger partial charge on any atom is 0.472 e. The lowest BCUT2D eigenvalue weighted by Crippen LogP contribution is -2.47. The van der Waals surface area contributed by atoms with Gasteiger partial charge in [0.2, 0.25) is 5.91 Å². The Morgan fingerprint density at radius 1 is 0.660 bits per heavy atom. The smallest absolute Gasteiger partial charge is 0.393 e. The fourth-order valence-corrected chi connectivity index (χ4v) is 6.99. The fourth-order valence-electron chi connectivity index (χ4n) is 6.23. The second-order valence-corrected chi connectivity index (χ2v) is 15.8. The third-order valence-corrected chi connectivity index (χ3v) is 10.4. The molecular formula is C40H81N2O7P. The van der Waals surface area contributed by atoms with Crippen molar-refractivity contribution in [3.05, 3.63) is 12.2 Å². The topological polar surface area (TPSA) is 151 Å². The van der Waals surface area contributed by atoms with Crippen LogP contribution >= 0.6 is 7.82 Å². The molecule has 0 aromatic rings. The molecule has 4 atom stereocenters. The van der Waals surface area contributed by atoms with E-state index in [0.717, 1.165) is 51.4 Å². The van der Waals surface area contributed by atoms with E-state index in [1.807, 2.05) is 0 Å². The highest BCUT2D eigenvalue weighted by Gasteiger charge is 2.28. The number of hydrogen-bond donors (Lipinski definition) is 5. The maximum atomic E-state index is 12.8. The van der Waals surface area contributed by atoms with Crippen LogP contribution in [0.3, 0.4) is 0 Å². The summed E-state index contributed by atoms with van der Waals surface area (Å²) < 4.78 is 22.1. The lowest BCUT2D eigenvalue weighted by atomic mass is 10.0. The molecule has 298 valence electrons. The van der Waals surface area contributed by atoms with Gasteiger partial charge in [-0.25, -0.2) is 4.57 Å². The van der Waals surface area contributed by atoms with Gasteiger partial charge in [0.05, 0.1) is 37.9 Å². The first-order valence-corrected chi connectivity index (χ1v) is 22.4. The third-order valence-electron chi connectivity index (χ3n) is 9.42. The summed E-state index contributed by atoms with van der Waals surface area (Å²) in [6.45, 7) is 4.03. The summed E-state index contributed by atoms with van der Waals surface area (Å²) in [4.78, 5) is 22.7. The second kappa shape index (κ2) is 36.6. The van der Waals surface area contributed by atoms with Crippen molar-refractivity contribution in [1.82, 2.24) is 5.32 Å². The first-order chi connectivity index (χ1) is 24.3. The van der Waals surface area contributed by atoms with E-state index in [1.54, 1.807) is 0 Å². The van der Waals surface area contributed by atoms with Gasteiger partial charge >= 0.3 is 7.82 Å².